The van der Waals surface area contributed by atoms with Gasteiger partial charge >= 0.3 is 18.9 Å². The molecule has 42 valence electrons. The summed E-state index contributed by atoms with van der Waals surface area (Å²) < 4.78 is 15.1. The van der Waals surface area contributed by atoms with Crippen molar-refractivity contribution in [2.45, 2.75) is 6.92 Å². The van der Waals surface area contributed by atoms with Crippen LogP contribution in [0.25, 0.3) is 0 Å². The molecule has 0 saturated heterocycles. The van der Waals surface area contributed by atoms with Gasteiger partial charge < -0.3 is 9.84 Å². The Morgan fingerprint density at radius 2 is 2.38 bits per heavy atom. The third-order valence-electron chi connectivity index (χ3n) is 0.376. The second-order valence-electron chi connectivity index (χ2n) is 0.861. The molecule has 0 aromatic heterocycles. The Morgan fingerprint density at radius 1 is 1.88 bits per heavy atom. The molecule has 0 N–H and O–H groups in total. The van der Waals surface area contributed by atoms with Crippen molar-refractivity contribution in [2.75, 3.05) is 6.61 Å². The van der Waals surface area contributed by atoms with Gasteiger partial charge in [-0.15, -0.1) is 0 Å². The number of hydrogen-bond acceptors (Lipinski definition) is 2. The maximum atomic E-state index is 11.0. The number of rotatable bonds is 2. The quantitative estimate of drug-likeness (QED) is 0.284. The van der Waals surface area contributed by atoms with E-state index in [4.69, 9.17) is 0 Å². The second kappa shape index (κ2) is 6.87. The standard InChI is InChI=1S/C4H7FO2.Li/c1-2-7-4(6)3-5;/h3,6H,2H2,1H3;/q;+1/p-1/b4-3+;. The Kier molecular flexibility index (Phi) is 9.25. The molecule has 0 unspecified atom stereocenters. The van der Waals surface area contributed by atoms with Gasteiger partial charge in [-0.1, -0.05) is 6.92 Å². The van der Waals surface area contributed by atoms with Crippen LogP contribution in [0.1, 0.15) is 6.92 Å². The molecule has 0 aromatic rings. The SMILES string of the molecule is CCO/C([O-])=C/F.[Li+]. The largest absolute Gasteiger partial charge is 1.00 e. The van der Waals surface area contributed by atoms with Crippen molar-refractivity contribution < 1.29 is 33.1 Å². The van der Waals surface area contributed by atoms with Gasteiger partial charge in [0.25, 0.3) is 0 Å². The monoisotopic (exact) mass is 112 g/mol. The first-order chi connectivity index (χ1) is 3.31. The zero-order valence-corrected chi connectivity index (χ0v) is 4.98. The van der Waals surface area contributed by atoms with Gasteiger partial charge in [0.15, 0.2) is 0 Å². The van der Waals surface area contributed by atoms with Crippen LogP contribution in [0.3, 0.4) is 0 Å². The Morgan fingerprint density at radius 3 is 2.50 bits per heavy atom. The maximum absolute atomic E-state index is 11.0. The van der Waals surface area contributed by atoms with E-state index in [2.05, 4.69) is 4.74 Å². The van der Waals surface area contributed by atoms with Gasteiger partial charge in [0, 0.05) is 0 Å². The van der Waals surface area contributed by atoms with Crippen LogP contribution in [-0.4, -0.2) is 6.61 Å². The van der Waals surface area contributed by atoms with E-state index in [1.807, 2.05) is 0 Å². The van der Waals surface area contributed by atoms with Crippen molar-refractivity contribution in [1.29, 1.82) is 0 Å². The molecular formula is C4H6FLiO2. The fraction of sp³-hybridized carbons (Fsp3) is 0.500. The number of halogens is 1. The predicted octanol–water partition coefficient (Wildman–Crippen LogP) is -2.84. The van der Waals surface area contributed by atoms with Gasteiger partial charge in [-0.3, -0.25) is 0 Å². The molecule has 0 bridgehead atoms. The van der Waals surface area contributed by atoms with E-state index in [1.54, 1.807) is 6.92 Å². The molecule has 0 atom stereocenters. The molecule has 0 aliphatic heterocycles. The Hall–Kier alpha value is -0.133. The second-order valence-corrected chi connectivity index (χ2v) is 0.861. The van der Waals surface area contributed by atoms with E-state index >= 15 is 0 Å². The topological polar surface area (TPSA) is 32.3 Å². The molecule has 0 spiro atoms. The van der Waals surface area contributed by atoms with Crippen molar-refractivity contribution in [2.24, 2.45) is 0 Å². The summed E-state index contributed by atoms with van der Waals surface area (Å²) in [6, 6.07) is 0. The summed E-state index contributed by atoms with van der Waals surface area (Å²) in [7, 11) is 0. The Balaban J connectivity index is 0. The maximum Gasteiger partial charge on any atom is 1.00 e. The van der Waals surface area contributed by atoms with Crippen molar-refractivity contribution in [1.82, 2.24) is 0 Å². The molecule has 0 saturated carbocycles. The van der Waals surface area contributed by atoms with Gasteiger partial charge in [-0.2, -0.15) is 0 Å². The Labute approximate surface area is 59.5 Å². The fourth-order valence-electron chi connectivity index (χ4n) is 0.174. The van der Waals surface area contributed by atoms with E-state index in [0.29, 0.717) is 0 Å². The molecule has 2 nitrogen and oxygen atoms in total. The van der Waals surface area contributed by atoms with Crippen molar-refractivity contribution in [3.05, 3.63) is 12.3 Å². The van der Waals surface area contributed by atoms with E-state index in [9.17, 15) is 9.50 Å². The molecule has 0 aliphatic rings. The van der Waals surface area contributed by atoms with Crippen LogP contribution in [0.5, 0.6) is 0 Å². The van der Waals surface area contributed by atoms with Gasteiger partial charge in [0.1, 0.15) is 6.33 Å². The Bertz CT molecular complexity index is 74.4. The summed E-state index contributed by atoms with van der Waals surface area (Å²) in [5, 5.41) is 9.76. The summed E-state index contributed by atoms with van der Waals surface area (Å²) >= 11 is 0. The zero-order chi connectivity index (χ0) is 5.70. The molecule has 0 amide bonds. The summed E-state index contributed by atoms with van der Waals surface area (Å²) in [6.07, 6.45) is -0.108. The number of hydrogen-bond donors (Lipinski definition) is 0. The van der Waals surface area contributed by atoms with E-state index in [1.165, 1.54) is 0 Å². The van der Waals surface area contributed by atoms with Crippen LogP contribution in [-0.2, 0) is 4.74 Å². The van der Waals surface area contributed by atoms with E-state index < -0.39 is 5.95 Å². The summed E-state index contributed by atoms with van der Waals surface area (Å²) in [5.74, 6) is -0.914. The van der Waals surface area contributed by atoms with Crippen LogP contribution in [0.4, 0.5) is 4.39 Å². The smallest absolute Gasteiger partial charge is 0.612 e. The molecule has 0 aromatic carbocycles. The predicted molar refractivity (Wildman–Crippen MR) is 20.8 cm³/mol. The first kappa shape index (κ1) is 10.8. The van der Waals surface area contributed by atoms with Crippen molar-refractivity contribution >= 4 is 0 Å². The molecule has 0 fully saturated rings. The van der Waals surface area contributed by atoms with Crippen molar-refractivity contribution in [3.63, 3.8) is 0 Å². The van der Waals surface area contributed by atoms with Crippen LogP contribution in [0.15, 0.2) is 12.3 Å². The third-order valence-corrected chi connectivity index (χ3v) is 0.376. The number of ether oxygens (including phenoxy) is 1. The molecule has 0 radical (unpaired) electrons. The van der Waals surface area contributed by atoms with Gasteiger partial charge in [0.2, 0.25) is 0 Å². The molecular weight excluding hydrogens is 106 g/mol. The van der Waals surface area contributed by atoms with Gasteiger partial charge in [0.05, 0.1) is 5.95 Å². The molecule has 0 heterocycles. The van der Waals surface area contributed by atoms with Gasteiger partial charge in [-0.05, 0) is 6.61 Å². The molecule has 0 rings (SSSR count). The summed E-state index contributed by atoms with van der Waals surface area (Å²) in [5.41, 5.74) is 0. The minimum absolute atomic E-state index is 0. The van der Waals surface area contributed by atoms with E-state index in [-0.39, 0.29) is 31.8 Å². The molecule has 0 aliphatic carbocycles. The van der Waals surface area contributed by atoms with Crippen LogP contribution >= 0.6 is 0 Å². The summed E-state index contributed by atoms with van der Waals surface area (Å²) in [6.45, 7) is 1.83. The van der Waals surface area contributed by atoms with Crippen LogP contribution in [0, 0.1) is 0 Å². The average Bonchev–Trinajstić information content (AvgIpc) is 1.68. The van der Waals surface area contributed by atoms with Crippen LogP contribution < -0.4 is 24.0 Å². The normalized spacial score (nSPS) is 10.0. The van der Waals surface area contributed by atoms with Crippen molar-refractivity contribution in [3.8, 4) is 0 Å². The average molecular weight is 112 g/mol. The first-order valence-corrected chi connectivity index (χ1v) is 1.91. The van der Waals surface area contributed by atoms with Crippen LogP contribution in [0.2, 0.25) is 0 Å². The third kappa shape index (κ3) is 5.87. The van der Waals surface area contributed by atoms with Gasteiger partial charge in [-0.25, -0.2) is 4.39 Å². The first-order valence-electron chi connectivity index (χ1n) is 1.91. The minimum atomic E-state index is -0.914. The fourth-order valence-corrected chi connectivity index (χ4v) is 0.174. The summed E-state index contributed by atoms with van der Waals surface area (Å²) in [4.78, 5) is 0. The zero-order valence-electron chi connectivity index (χ0n) is 4.98. The molecule has 4 heteroatoms. The minimum Gasteiger partial charge on any atom is -0.612 e. The molecule has 8 heavy (non-hydrogen) atoms. The van der Waals surface area contributed by atoms with E-state index in [0.717, 1.165) is 0 Å².